The number of fused-ring (bicyclic) bond motifs is 2. The third-order valence-electron chi connectivity index (χ3n) is 4.80. The summed E-state index contributed by atoms with van der Waals surface area (Å²) in [7, 11) is 0. The molecule has 0 aliphatic carbocycles. The minimum atomic E-state index is -0.702. The number of nitrogens with zero attached hydrogens (tertiary/aromatic N) is 3. The molecule has 0 saturated carbocycles. The molecular formula is C23H20BrN3O4. The van der Waals surface area contributed by atoms with Gasteiger partial charge in [-0.2, -0.15) is 0 Å². The molecule has 0 N–H and O–H groups in total. The van der Waals surface area contributed by atoms with E-state index >= 15 is 0 Å². The highest BCUT2D eigenvalue weighted by molar-refractivity contribution is 9.10. The molecular weight excluding hydrogens is 462 g/mol. The van der Waals surface area contributed by atoms with E-state index in [4.69, 9.17) is 4.74 Å². The van der Waals surface area contributed by atoms with Crippen molar-refractivity contribution in [3.8, 4) is 0 Å². The van der Waals surface area contributed by atoms with E-state index in [2.05, 4.69) is 20.9 Å². The molecule has 0 unspecified atom stereocenters. The van der Waals surface area contributed by atoms with E-state index in [1.54, 1.807) is 56.1 Å². The number of halogens is 1. The fourth-order valence-electron chi connectivity index (χ4n) is 3.46. The van der Waals surface area contributed by atoms with Gasteiger partial charge in [-0.1, -0.05) is 12.1 Å². The van der Waals surface area contributed by atoms with Crippen LogP contribution >= 0.6 is 15.9 Å². The van der Waals surface area contributed by atoms with E-state index in [1.165, 1.54) is 4.57 Å². The van der Waals surface area contributed by atoms with Gasteiger partial charge in [-0.05, 0) is 60.5 Å². The van der Waals surface area contributed by atoms with Gasteiger partial charge in [0, 0.05) is 33.8 Å². The van der Waals surface area contributed by atoms with Gasteiger partial charge in [-0.3, -0.25) is 14.6 Å². The molecule has 0 radical (unpaired) electrons. The summed E-state index contributed by atoms with van der Waals surface area (Å²) in [5, 5.41) is 2.04. The van der Waals surface area contributed by atoms with E-state index in [-0.39, 0.29) is 11.3 Å². The predicted molar refractivity (Wildman–Crippen MR) is 122 cm³/mol. The second-order valence-corrected chi connectivity index (χ2v) is 9.08. The first-order chi connectivity index (χ1) is 14.7. The van der Waals surface area contributed by atoms with Crippen molar-refractivity contribution in [1.29, 1.82) is 0 Å². The molecule has 158 valence electrons. The van der Waals surface area contributed by atoms with E-state index in [0.29, 0.717) is 23.7 Å². The van der Waals surface area contributed by atoms with Gasteiger partial charge in [-0.15, -0.1) is 0 Å². The number of pyridine rings is 2. The predicted octanol–water partition coefficient (Wildman–Crippen LogP) is 4.76. The van der Waals surface area contributed by atoms with E-state index < -0.39 is 11.7 Å². The maximum atomic E-state index is 12.9. The Morgan fingerprint density at radius 1 is 1.16 bits per heavy atom. The van der Waals surface area contributed by atoms with Gasteiger partial charge in [0.2, 0.25) is 0 Å². The molecule has 3 heterocycles. The number of ether oxygens (including phenoxy) is 1. The highest BCUT2D eigenvalue weighted by atomic mass is 79.9. The van der Waals surface area contributed by atoms with Crippen LogP contribution in [0.15, 0.2) is 58.2 Å². The first-order valence-corrected chi connectivity index (χ1v) is 10.4. The van der Waals surface area contributed by atoms with Crippen molar-refractivity contribution in [2.75, 3.05) is 0 Å². The Hall–Kier alpha value is -3.26. The molecule has 1 aromatic carbocycles. The van der Waals surface area contributed by atoms with Crippen LogP contribution in [0.25, 0.3) is 21.7 Å². The second kappa shape index (κ2) is 7.77. The minimum absolute atomic E-state index is 0.164. The summed E-state index contributed by atoms with van der Waals surface area (Å²) < 4.78 is 9.07. The summed E-state index contributed by atoms with van der Waals surface area (Å²) in [6.45, 7) is 5.60. The van der Waals surface area contributed by atoms with Crippen molar-refractivity contribution in [2.45, 2.75) is 32.9 Å². The lowest BCUT2D eigenvalue weighted by Crippen LogP contribution is -2.28. The number of carbonyl (C=O) groups excluding carboxylic acids is 2. The average molecular weight is 482 g/mol. The molecule has 4 rings (SSSR count). The molecule has 0 aliphatic rings. The van der Waals surface area contributed by atoms with Crippen LogP contribution in [-0.4, -0.2) is 32.1 Å². The van der Waals surface area contributed by atoms with Crippen LogP contribution in [-0.2, 0) is 11.3 Å². The lowest BCUT2D eigenvalue weighted by Gasteiger charge is -2.20. The van der Waals surface area contributed by atoms with Gasteiger partial charge in [0.05, 0.1) is 23.1 Å². The van der Waals surface area contributed by atoms with Crippen molar-refractivity contribution >= 4 is 50.0 Å². The zero-order valence-corrected chi connectivity index (χ0v) is 18.8. The molecule has 0 atom stereocenters. The van der Waals surface area contributed by atoms with Crippen molar-refractivity contribution in [3.05, 3.63) is 75.0 Å². The first-order valence-electron chi connectivity index (χ1n) is 9.63. The van der Waals surface area contributed by atoms with Crippen LogP contribution in [0.5, 0.6) is 0 Å². The zero-order chi connectivity index (χ0) is 22.3. The number of benzene rings is 1. The standard InChI is InChI=1S/C23H20BrN3O4/c1-23(2,3)31-22(30)27-16(13-28)9-15-5-4-14(8-20(15)27)12-26-7-6-17-18(21(26)29)10-25-11-19(17)24/h4-11,13H,12H2,1-3H3. The monoisotopic (exact) mass is 481 g/mol. The van der Waals surface area contributed by atoms with E-state index in [0.717, 1.165) is 20.8 Å². The smallest absolute Gasteiger partial charge is 0.419 e. The zero-order valence-electron chi connectivity index (χ0n) is 17.3. The molecule has 0 spiro atoms. The summed E-state index contributed by atoms with van der Waals surface area (Å²) in [5.41, 5.74) is 0.693. The molecule has 31 heavy (non-hydrogen) atoms. The lowest BCUT2D eigenvalue weighted by atomic mass is 10.1. The minimum Gasteiger partial charge on any atom is -0.443 e. The largest absolute Gasteiger partial charge is 0.443 e. The molecule has 8 heteroatoms. The van der Waals surface area contributed by atoms with Crippen LogP contribution in [0.3, 0.4) is 0 Å². The fourth-order valence-corrected chi connectivity index (χ4v) is 3.92. The number of hydrogen-bond donors (Lipinski definition) is 0. The third kappa shape index (κ3) is 4.03. The van der Waals surface area contributed by atoms with Crippen molar-refractivity contribution < 1.29 is 14.3 Å². The maximum Gasteiger partial charge on any atom is 0.419 e. The summed E-state index contributed by atoms with van der Waals surface area (Å²) in [6.07, 6.45) is 4.92. The Morgan fingerprint density at radius 2 is 1.94 bits per heavy atom. The maximum absolute atomic E-state index is 12.9. The molecule has 0 fully saturated rings. The number of aromatic nitrogens is 3. The van der Waals surface area contributed by atoms with Crippen LogP contribution in [0.1, 0.15) is 36.8 Å². The molecule has 7 nitrogen and oxygen atoms in total. The second-order valence-electron chi connectivity index (χ2n) is 8.23. The van der Waals surface area contributed by atoms with E-state index in [9.17, 15) is 14.4 Å². The van der Waals surface area contributed by atoms with Gasteiger partial charge >= 0.3 is 6.09 Å². The Balaban J connectivity index is 1.78. The summed E-state index contributed by atoms with van der Waals surface area (Å²) in [5.74, 6) is 0. The molecule has 0 bridgehead atoms. The van der Waals surface area contributed by atoms with Gasteiger partial charge in [0.25, 0.3) is 5.56 Å². The summed E-state index contributed by atoms with van der Waals surface area (Å²) in [4.78, 5) is 41.3. The molecule has 0 amide bonds. The third-order valence-corrected chi connectivity index (χ3v) is 5.43. The lowest BCUT2D eigenvalue weighted by molar-refractivity contribution is 0.0538. The normalized spacial score (nSPS) is 11.7. The van der Waals surface area contributed by atoms with Gasteiger partial charge in [-0.25, -0.2) is 9.36 Å². The summed E-state index contributed by atoms with van der Waals surface area (Å²) >= 11 is 3.42. The van der Waals surface area contributed by atoms with Gasteiger partial charge in [0.15, 0.2) is 6.29 Å². The number of aldehydes is 1. The Morgan fingerprint density at radius 3 is 2.65 bits per heavy atom. The number of hydrogen-bond acceptors (Lipinski definition) is 5. The quantitative estimate of drug-likeness (QED) is 0.394. The van der Waals surface area contributed by atoms with E-state index in [1.807, 2.05) is 18.2 Å². The SMILES string of the molecule is CC(C)(C)OC(=O)n1c(C=O)cc2ccc(Cn3ccc4c(Br)cncc4c3=O)cc21. The molecule has 0 saturated heterocycles. The van der Waals surface area contributed by atoms with Crippen LogP contribution in [0.4, 0.5) is 4.79 Å². The Bertz CT molecular complexity index is 1400. The number of carbonyl (C=O) groups is 2. The fraction of sp³-hybridized carbons (Fsp3) is 0.217. The van der Waals surface area contributed by atoms with Crippen LogP contribution in [0.2, 0.25) is 0 Å². The molecule has 0 aliphatic heterocycles. The molecule has 4 aromatic rings. The first kappa shape index (κ1) is 21.0. The Kier molecular flexibility index (Phi) is 5.26. The Labute approximate surface area is 186 Å². The average Bonchev–Trinajstić information content (AvgIpc) is 3.07. The van der Waals surface area contributed by atoms with Crippen molar-refractivity contribution in [1.82, 2.24) is 14.1 Å². The van der Waals surface area contributed by atoms with Crippen LogP contribution in [0, 0.1) is 0 Å². The highest BCUT2D eigenvalue weighted by Crippen LogP contribution is 2.24. The van der Waals surface area contributed by atoms with Gasteiger partial charge in [0.1, 0.15) is 5.60 Å². The van der Waals surface area contributed by atoms with Gasteiger partial charge < -0.3 is 9.30 Å². The van der Waals surface area contributed by atoms with Crippen LogP contribution < -0.4 is 5.56 Å². The molecule has 3 aromatic heterocycles. The highest BCUT2D eigenvalue weighted by Gasteiger charge is 2.22. The van der Waals surface area contributed by atoms with Crippen molar-refractivity contribution in [3.63, 3.8) is 0 Å². The topological polar surface area (TPSA) is 83.2 Å². The van der Waals surface area contributed by atoms with Crippen molar-refractivity contribution in [2.24, 2.45) is 0 Å². The number of rotatable bonds is 3. The summed E-state index contributed by atoms with van der Waals surface area (Å²) in [6, 6.07) is 8.98.